The Balaban J connectivity index is 1.72. The summed E-state index contributed by atoms with van der Waals surface area (Å²) in [5.74, 6) is 0.101. The number of carbonyl (C=O) groups is 1. The van der Waals surface area contributed by atoms with E-state index in [0.717, 1.165) is 20.9 Å². The third-order valence-corrected chi connectivity index (χ3v) is 4.22. The topological polar surface area (TPSA) is 25.2 Å². The van der Waals surface area contributed by atoms with E-state index < -0.39 is 0 Å². The van der Waals surface area contributed by atoms with E-state index in [1.165, 1.54) is 0 Å². The van der Waals surface area contributed by atoms with Gasteiger partial charge in [0.15, 0.2) is 0 Å². The highest BCUT2D eigenvalue weighted by molar-refractivity contribution is 9.10. The van der Waals surface area contributed by atoms with Crippen LogP contribution in [0.2, 0.25) is 0 Å². The molecule has 1 aromatic heterocycles. The summed E-state index contributed by atoms with van der Waals surface area (Å²) >= 11 is 3.47. The maximum Gasteiger partial charge on any atom is 0.242 e. The Morgan fingerprint density at radius 3 is 2.68 bits per heavy atom. The number of likely N-dealkylation sites (N-methyl/N-ethyl adjacent to an activating group) is 1. The Labute approximate surface area is 138 Å². The standard InChI is InChI=1S/C18H17BrN2O/c1-20(12-14-5-3-2-4-6-14)18(22)13-21-10-9-15-11-16(19)7-8-17(15)21/h2-11H,12-13H2,1H3. The fraction of sp³-hybridized carbons (Fsp3) is 0.167. The summed E-state index contributed by atoms with van der Waals surface area (Å²) in [4.78, 5) is 14.2. The average Bonchev–Trinajstić information content (AvgIpc) is 2.90. The van der Waals surface area contributed by atoms with Crippen molar-refractivity contribution in [1.29, 1.82) is 0 Å². The van der Waals surface area contributed by atoms with Crippen molar-refractivity contribution in [2.75, 3.05) is 7.05 Å². The largest absolute Gasteiger partial charge is 0.340 e. The molecule has 4 heteroatoms. The van der Waals surface area contributed by atoms with Crippen molar-refractivity contribution >= 4 is 32.7 Å². The van der Waals surface area contributed by atoms with Gasteiger partial charge >= 0.3 is 0 Å². The fourth-order valence-electron chi connectivity index (χ4n) is 2.52. The Hall–Kier alpha value is -2.07. The van der Waals surface area contributed by atoms with E-state index in [0.29, 0.717) is 13.1 Å². The molecular formula is C18H17BrN2O. The van der Waals surface area contributed by atoms with Crippen LogP contribution in [-0.4, -0.2) is 22.4 Å². The van der Waals surface area contributed by atoms with Gasteiger partial charge < -0.3 is 9.47 Å². The molecule has 0 saturated carbocycles. The molecule has 0 aliphatic rings. The fourth-order valence-corrected chi connectivity index (χ4v) is 2.90. The van der Waals surface area contributed by atoms with Crippen LogP contribution in [0.25, 0.3) is 10.9 Å². The highest BCUT2D eigenvalue weighted by Gasteiger charge is 2.11. The van der Waals surface area contributed by atoms with Crippen molar-refractivity contribution in [2.24, 2.45) is 0 Å². The lowest BCUT2D eigenvalue weighted by molar-refractivity contribution is -0.131. The maximum atomic E-state index is 12.4. The molecule has 0 radical (unpaired) electrons. The van der Waals surface area contributed by atoms with E-state index in [4.69, 9.17) is 0 Å². The molecule has 22 heavy (non-hydrogen) atoms. The summed E-state index contributed by atoms with van der Waals surface area (Å²) in [6.45, 7) is 0.985. The van der Waals surface area contributed by atoms with E-state index >= 15 is 0 Å². The number of hydrogen-bond donors (Lipinski definition) is 0. The highest BCUT2D eigenvalue weighted by Crippen LogP contribution is 2.21. The molecule has 0 unspecified atom stereocenters. The molecular weight excluding hydrogens is 340 g/mol. The summed E-state index contributed by atoms with van der Waals surface area (Å²) in [7, 11) is 1.84. The first-order valence-corrected chi connectivity index (χ1v) is 7.95. The number of rotatable bonds is 4. The number of fused-ring (bicyclic) bond motifs is 1. The van der Waals surface area contributed by atoms with Crippen LogP contribution in [-0.2, 0) is 17.9 Å². The number of amides is 1. The minimum Gasteiger partial charge on any atom is -0.340 e. The molecule has 1 amide bonds. The molecule has 112 valence electrons. The Morgan fingerprint density at radius 1 is 1.14 bits per heavy atom. The van der Waals surface area contributed by atoms with Gasteiger partial charge in [-0.15, -0.1) is 0 Å². The minimum atomic E-state index is 0.101. The van der Waals surface area contributed by atoms with Crippen molar-refractivity contribution < 1.29 is 4.79 Å². The minimum absolute atomic E-state index is 0.101. The number of benzene rings is 2. The molecule has 3 nitrogen and oxygen atoms in total. The van der Waals surface area contributed by atoms with Gasteiger partial charge in [-0.3, -0.25) is 4.79 Å². The second-order valence-electron chi connectivity index (χ2n) is 5.38. The molecule has 0 fully saturated rings. The lowest BCUT2D eigenvalue weighted by Gasteiger charge is -2.18. The van der Waals surface area contributed by atoms with Gasteiger partial charge in [0.25, 0.3) is 0 Å². The van der Waals surface area contributed by atoms with E-state index in [9.17, 15) is 4.79 Å². The van der Waals surface area contributed by atoms with Gasteiger partial charge in [-0.05, 0) is 29.8 Å². The van der Waals surface area contributed by atoms with Gasteiger partial charge in [0.05, 0.1) is 0 Å². The molecule has 3 aromatic rings. The number of hydrogen-bond acceptors (Lipinski definition) is 1. The molecule has 0 aliphatic carbocycles. The van der Waals surface area contributed by atoms with Crippen molar-refractivity contribution in [3.8, 4) is 0 Å². The first kappa shape index (κ1) is 14.9. The van der Waals surface area contributed by atoms with Crippen LogP contribution in [0, 0.1) is 0 Å². The van der Waals surface area contributed by atoms with E-state index in [-0.39, 0.29) is 5.91 Å². The van der Waals surface area contributed by atoms with Crippen LogP contribution in [0.5, 0.6) is 0 Å². The van der Waals surface area contributed by atoms with Gasteiger partial charge in [0.1, 0.15) is 6.54 Å². The first-order valence-electron chi connectivity index (χ1n) is 7.16. The molecule has 0 spiro atoms. The lowest BCUT2D eigenvalue weighted by atomic mass is 10.2. The van der Waals surface area contributed by atoms with E-state index in [1.54, 1.807) is 4.90 Å². The monoisotopic (exact) mass is 356 g/mol. The Bertz CT molecular complexity index is 795. The second kappa shape index (κ2) is 6.36. The van der Waals surface area contributed by atoms with Crippen molar-refractivity contribution in [3.63, 3.8) is 0 Å². The van der Waals surface area contributed by atoms with Gasteiger partial charge in [0.2, 0.25) is 5.91 Å². The quantitative estimate of drug-likeness (QED) is 0.691. The molecule has 0 bridgehead atoms. The van der Waals surface area contributed by atoms with Crippen molar-refractivity contribution in [1.82, 2.24) is 9.47 Å². The van der Waals surface area contributed by atoms with Crippen molar-refractivity contribution in [3.05, 3.63) is 70.8 Å². The first-order chi connectivity index (χ1) is 10.6. The predicted molar refractivity (Wildman–Crippen MR) is 92.6 cm³/mol. The Morgan fingerprint density at radius 2 is 1.91 bits per heavy atom. The van der Waals surface area contributed by atoms with Crippen LogP contribution in [0.1, 0.15) is 5.56 Å². The van der Waals surface area contributed by atoms with Crippen LogP contribution >= 0.6 is 15.9 Å². The maximum absolute atomic E-state index is 12.4. The molecule has 3 rings (SSSR count). The zero-order valence-corrected chi connectivity index (χ0v) is 14.0. The second-order valence-corrected chi connectivity index (χ2v) is 6.30. The number of carbonyl (C=O) groups excluding carboxylic acids is 1. The number of halogens is 1. The zero-order chi connectivity index (χ0) is 15.5. The summed E-state index contributed by atoms with van der Waals surface area (Å²) in [5, 5.41) is 1.13. The Kier molecular flexibility index (Phi) is 4.29. The smallest absolute Gasteiger partial charge is 0.242 e. The molecule has 0 atom stereocenters. The molecule has 0 saturated heterocycles. The van der Waals surface area contributed by atoms with Crippen LogP contribution in [0.4, 0.5) is 0 Å². The third kappa shape index (κ3) is 3.22. The van der Waals surface area contributed by atoms with Gasteiger partial charge in [0, 0.05) is 35.2 Å². The van der Waals surface area contributed by atoms with Gasteiger partial charge in [-0.1, -0.05) is 46.3 Å². The molecule has 0 N–H and O–H groups in total. The van der Waals surface area contributed by atoms with Gasteiger partial charge in [-0.2, -0.15) is 0 Å². The van der Waals surface area contributed by atoms with E-state index in [1.807, 2.05) is 66.3 Å². The summed E-state index contributed by atoms with van der Waals surface area (Å²) in [6, 6.07) is 18.2. The normalized spacial score (nSPS) is 10.8. The summed E-state index contributed by atoms with van der Waals surface area (Å²) in [6.07, 6.45) is 1.96. The SMILES string of the molecule is CN(Cc1ccccc1)C(=O)Cn1ccc2cc(Br)ccc21. The molecule has 0 aliphatic heterocycles. The van der Waals surface area contributed by atoms with Crippen LogP contribution in [0.3, 0.4) is 0 Å². The van der Waals surface area contributed by atoms with E-state index in [2.05, 4.69) is 22.0 Å². The van der Waals surface area contributed by atoms with Crippen LogP contribution in [0.15, 0.2) is 65.3 Å². The highest BCUT2D eigenvalue weighted by atomic mass is 79.9. The number of nitrogens with zero attached hydrogens (tertiary/aromatic N) is 2. The molecule has 2 aromatic carbocycles. The molecule has 1 heterocycles. The summed E-state index contributed by atoms with van der Waals surface area (Å²) in [5.41, 5.74) is 2.21. The predicted octanol–water partition coefficient (Wildman–Crippen LogP) is 4.06. The van der Waals surface area contributed by atoms with Gasteiger partial charge in [-0.25, -0.2) is 0 Å². The van der Waals surface area contributed by atoms with Crippen molar-refractivity contribution in [2.45, 2.75) is 13.1 Å². The average molecular weight is 357 g/mol. The summed E-state index contributed by atoms with van der Waals surface area (Å²) < 4.78 is 3.04. The number of aromatic nitrogens is 1. The van der Waals surface area contributed by atoms with Crippen LogP contribution < -0.4 is 0 Å². The zero-order valence-electron chi connectivity index (χ0n) is 12.4. The third-order valence-electron chi connectivity index (χ3n) is 3.73. The lowest BCUT2D eigenvalue weighted by Crippen LogP contribution is -2.29.